The summed E-state index contributed by atoms with van der Waals surface area (Å²) in [6.45, 7) is 7.86. The van der Waals surface area contributed by atoms with Crippen LogP contribution < -0.4 is 0 Å². The molecule has 3 aromatic rings. The molecule has 2 amide bonds. The minimum atomic E-state index is -0.141. The van der Waals surface area contributed by atoms with E-state index in [4.69, 9.17) is 4.42 Å². The molecule has 3 aromatic heterocycles. The van der Waals surface area contributed by atoms with E-state index in [1.54, 1.807) is 28.1 Å². The van der Waals surface area contributed by atoms with Gasteiger partial charge in [-0.2, -0.15) is 5.10 Å². The fourth-order valence-corrected chi connectivity index (χ4v) is 3.54. The molecule has 4 rings (SSSR count). The maximum atomic E-state index is 13.2. The molecular formula is C20H23N5O3. The van der Waals surface area contributed by atoms with Gasteiger partial charge in [0, 0.05) is 37.9 Å². The molecule has 0 N–H and O–H groups in total. The lowest BCUT2D eigenvalue weighted by Gasteiger charge is -2.34. The summed E-state index contributed by atoms with van der Waals surface area (Å²) >= 11 is 0. The van der Waals surface area contributed by atoms with Crippen molar-refractivity contribution in [3.8, 4) is 0 Å². The number of carbonyl (C=O) groups excluding carboxylic acids is 2. The van der Waals surface area contributed by atoms with Crippen LogP contribution in [0.4, 0.5) is 0 Å². The highest BCUT2D eigenvalue weighted by Gasteiger charge is 2.28. The summed E-state index contributed by atoms with van der Waals surface area (Å²) in [7, 11) is 0. The Morgan fingerprint density at radius 2 is 1.79 bits per heavy atom. The minimum Gasteiger partial charge on any atom is -0.459 e. The zero-order chi connectivity index (χ0) is 19.8. The number of furan rings is 1. The van der Waals surface area contributed by atoms with Gasteiger partial charge in [0.1, 0.15) is 0 Å². The first kappa shape index (κ1) is 18.2. The standard InChI is InChI=1S/C20H23N5O3/c1-13(2)25-18-16(12-21-25)15(11-14(3)22-18)19(26)23-6-8-24(9-7-23)20(27)17-5-4-10-28-17/h4-5,10-13H,6-9H2,1-3H3. The van der Waals surface area contributed by atoms with Crippen molar-refractivity contribution in [2.24, 2.45) is 0 Å². The Hall–Kier alpha value is -3.16. The molecule has 0 aliphatic carbocycles. The highest BCUT2D eigenvalue weighted by atomic mass is 16.3. The lowest BCUT2D eigenvalue weighted by atomic mass is 10.1. The van der Waals surface area contributed by atoms with E-state index >= 15 is 0 Å². The molecule has 1 saturated heterocycles. The van der Waals surface area contributed by atoms with Gasteiger partial charge in [0.25, 0.3) is 11.8 Å². The highest BCUT2D eigenvalue weighted by Crippen LogP contribution is 2.23. The van der Waals surface area contributed by atoms with E-state index in [9.17, 15) is 9.59 Å². The summed E-state index contributed by atoms with van der Waals surface area (Å²) in [5.41, 5.74) is 2.12. The van der Waals surface area contributed by atoms with Crippen LogP contribution in [0.2, 0.25) is 0 Å². The highest BCUT2D eigenvalue weighted by molar-refractivity contribution is 6.05. The Kier molecular flexibility index (Phi) is 4.62. The van der Waals surface area contributed by atoms with Gasteiger partial charge in [0.15, 0.2) is 11.4 Å². The first-order valence-electron chi connectivity index (χ1n) is 9.42. The number of rotatable bonds is 3. The van der Waals surface area contributed by atoms with Gasteiger partial charge in [-0.3, -0.25) is 9.59 Å². The van der Waals surface area contributed by atoms with Gasteiger partial charge in [-0.05, 0) is 39.0 Å². The van der Waals surface area contributed by atoms with E-state index in [0.29, 0.717) is 37.5 Å². The summed E-state index contributed by atoms with van der Waals surface area (Å²) in [5, 5.41) is 5.17. The van der Waals surface area contributed by atoms with E-state index in [1.165, 1.54) is 6.26 Å². The van der Waals surface area contributed by atoms with Crippen molar-refractivity contribution in [2.75, 3.05) is 26.2 Å². The van der Waals surface area contributed by atoms with Crippen LogP contribution in [0.5, 0.6) is 0 Å². The third kappa shape index (κ3) is 3.15. The number of pyridine rings is 1. The summed E-state index contributed by atoms with van der Waals surface area (Å²) in [6.07, 6.45) is 3.20. The fraction of sp³-hybridized carbons (Fsp3) is 0.400. The number of carbonyl (C=O) groups is 2. The number of aromatic nitrogens is 3. The van der Waals surface area contributed by atoms with E-state index in [2.05, 4.69) is 10.1 Å². The molecule has 0 atom stereocenters. The number of fused-ring (bicyclic) bond motifs is 1. The Morgan fingerprint density at radius 3 is 2.39 bits per heavy atom. The largest absolute Gasteiger partial charge is 0.459 e. The van der Waals surface area contributed by atoms with E-state index in [0.717, 1.165) is 16.7 Å². The maximum Gasteiger partial charge on any atom is 0.289 e. The Balaban J connectivity index is 1.54. The molecule has 0 bridgehead atoms. The van der Waals surface area contributed by atoms with Crippen LogP contribution in [0.25, 0.3) is 11.0 Å². The third-order valence-electron chi connectivity index (χ3n) is 5.00. The summed E-state index contributed by atoms with van der Waals surface area (Å²) in [4.78, 5) is 33.7. The summed E-state index contributed by atoms with van der Waals surface area (Å²) in [5.74, 6) is 0.133. The molecule has 1 aliphatic rings. The predicted octanol–water partition coefficient (Wildman–Crippen LogP) is 2.51. The summed E-state index contributed by atoms with van der Waals surface area (Å²) < 4.78 is 7.02. The first-order valence-corrected chi connectivity index (χ1v) is 9.42. The maximum absolute atomic E-state index is 13.2. The summed E-state index contributed by atoms with van der Waals surface area (Å²) in [6, 6.07) is 5.33. The topological polar surface area (TPSA) is 84.5 Å². The monoisotopic (exact) mass is 381 g/mol. The van der Waals surface area contributed by atoms with Crippen LogP contribution in [-0.4, -0.2) is 62.6 Å². The Bertz CT molecular complexity index is 1010. The molecule has 0 unspecified atom stereocenters. The molecule has 146 valence electrons. The number of aryl methyl sites for hydroxylation is 1. The molecule has 0 radical (unpaired) electrons. The van der Waals surface area contributed by atoms with Crippen LogP contribution >= 0.6 is 0 Å². The van der Waals surface area contributed by atoms with Crippen LogP contribution in [0.15, 0.2) is 35.1 Å². The second-order valence-electron chi connectivity index (χ2n) is 7.29. The predicted molar refractivity (Wildman–Crippen MR) is 103 cm³/mol. The minimum absolute atomic E-state index is 0.0519. The van der Waals surface area contributed by atoms with Gasteiger partial charge in [-0.25, -0.2) is 9.67 Å². The number of amides is 2. The third-order valence-corrected chi connectivity index (χ3v) is 5.00. The molecule has 8 nitrogen and oxygen atoms in total. The smallest absolute Gasteiger partial charge is 0.289 e. The fourth-order valence-electron chi connectivity index (χ4n) is 3.54. The Morgan fingerprint density at radius 1 is 1.11 bits per heavy atom. The van der Waals surface area contributed by atoms with Gasteiger partial charge >= 0.3 is 0 Å². The zero-order valence-corrected chi connectivity index (χ0v) is 16.3. The number of hydrogen-bond acceptors (Lipinski definition) is 5. The van der Waals surface area contributed by atoms with E-state index in [-0.39, 0.29) is 17.9 Å². The molecule has 0 spiro atoms. The van der Waals surface area contributed by atoms with Crippen molar-refractivity contribution >= 4 is 22.8 Å². The van der Waals surface area contributed by atoms with Crippen LogP contribution in [0, 0.1) is 6.92 Å². The Labute approximate surface area is 162 Å². The van der Waals surface area contributed by atoms with Crippen molar-refractivity contribution in [1.29, 1.82) is 0 Å². The van der Waals surface area contributed by atoms with Crippen molar-refractivity contribution in [3.05, 3.63) is 47.7 Å². The zero-order valence-electron chi connectivity index (χ0n) is 16.3. The van der Waals surface area contributed by atoms with Gasteiger partial charge in [0.2, 0.25) is 0 Å². The van der Waals surface area contributed by atoms with Gasteiger partial charge in [0.05, 0.1) is 23.4 Å². The van der Waals surface area contributed by atoms with Crippen LogP contribution in [0.3, 0.4) is 0 Å². The van der Waals surface area contributed by atoms with Crippen molar-refractivity contribution in [1.82, 2.24) is 24.6 Å². The number of hydrogen-bond donors (Lipinski definition) is 0. The SMILES string of the molecule is Cc1cc(C(=O)N2CCN(C(=O)c3ccco3)CC2)c2cnn(C(C)C)c2n1. The van der Waals surface area contributed by atoms with E-state index < -0.39 is 0 Å². The van der Waals surface area contributed by atoms with E-state index in [1.807, 2.05) is 31.5 Å². The van der Waals surface area contributed by atoms with Crippen molar-refractivity contribution < 1.29 is 14.0 Å². The molecule has 0 aromatic carbocycles. The van der Waals surface area contributed by atoms with Crippen LogP contribution in [0.1, 0.15) is 46.5 Å². The van der Waals surface area contributed by atoms with Crippen molar-refractivity contribution in [2.45, 2.75) is 26.8 Å². The first-order chi connectivity index (χ1) is 13.5. The molecule has 4 heterocycles. The average Bonchev–Trinajstić information content (AvgIpc) is 3.36. The molecule has 8 heteroatoms. The lowest BCUT2D eigenvalue weighted by Crippen LogP contribution is -2.50. The quantitative estimate of drug-likeness (QED) is 0.696. The molecular weight excluding hydrogens is 358 g/mol. The van der Waals surface area contributed by atoms with Gasteiger partial charge in [-0.15, -0.1) is 0 Å². The average molecular weight is 381 g/mol. The molecule has 0 saturated carbocycles. The molecule has 1 aliphatic heterocycles. The molecule has 1 fully saturated rings. The van der Waals surface area contributed by atoms with Gasteiger partial charge < -0.3 is 14.2 Å². The molecule has 28 heavy (non-hydrogen) atoms. The lowest BCUT2D eigenvalue weighted by molar-refractivity contribution is 0.0519. The number of piperazine rings is 1. The number of nitrogens with zero attached hydrogens (tertiary/aromatic N) is 5. The van der Waals surface area contributed by atoms with Crippen molar-refractivity contribution in [3.63, 3.8) is 0 Å². The normalized spacial score (nSPS) is 14.9. The van der Waals surface area contributed by atoms with Gasteiger partial charge in [-0.1, -0.05) is 0 Å². The van der Waals surface area contributed by atoms with Crippen LogP contribution in [-0.2, 0) is 0 Å². The second kappa shape index (κ2) is 7.10. The second-order valence-corrected chi connectivity index (χ2v) is 7.29.